The summed E-state index contributed by atoms with van der Waals surface area (Å²) in [5, 5.41) is 3.01. The van der Waals surface area contributed by atoms with Crippen LogP contribution in [0.4, 0.5) is 0 Å². The van der Waals surface area contributed by atoms with Gasteiger partial charge < -0.3 is 14.6 Å². The fourth-order valence-electron chi connectivity index (χ4n) is 2.95. The van der Waals surface area contributed by atoms with Gasteiger partial charge in [0.05, 0.1) is 31.5 Å². The number of halogens is 1. The average molecular weight is 365 g/mol. The molecule has 2 aromatic heterocycles. The number of pyridine rings is 1. The molecule has 0 aliphatic carbocycles. The van der Waals surface area contributed by atoms with Crippen molar-refractivity contribution < 1.29 is 14.1 Å². The van der Waals surface area contributed by atoms with Crippen LogP contribution in [0.25, 0.3) is 0 Å². The zero-order valence-electron chi connectivity index (χ0n) is 12.2. The van der Waals surface area contributed by atoms with E-state index >= 15 is 0 Å². The average Bonchev–Trinajstić information content (AvgIpc) is 3.21. The van der Waals surface area contributed by atoms with Gasteiger partial charge in [-0.1, -0.05) is 0 Å². The molecule has 1 saturated heterocycles. The molecule has 2 aromatic rings. The van der Waals surface area contributed by atoms with Crippen molar-refractivity contribution in [1.82, 2.24) is 10.3 Å². The van der Waals surface area contributed by atoms with Crippen LogP contribution in [0.3, 0.4) is 0 Å². The first-order valence-electron chi connectivity index (χ1n) is 7.51. The van der Waals surface area contributed by atoms with E-state index in [1.54, 1.807) is 24.7 Å². The van der Waals surface area contributed by atoms with Crippen LogP contribution >= 0.6 is 15.9 Å². The summed E-state index contributed by atoms with van der Waals surface area (Å²) in [6.07, 6.45) is 7.39. The van der Waals surface area contributed by atoms with Crippen LogP contribution in [-0.2, 0) is 0 Å². The van der Waals surface area contributed by atoms with Crippen LogP contribution < -0.4 is 10.2 Å². The number of aromatic nitrogens is 1. The van der Waals surface area contributed by atoms with E-state index in [2.05, 4.69) is 26.2 Å². The number of likely N-dealkylation sites (tertiary alicyclic amines) is 1. The van der Waals surface area contributed by atoms with E-state index in [9.17, 15) is 4.79 Å². The van der Waals surface area contributed by atoms with Gasteiger partial charge in [-0.15, -0.1) is 0 Å². The van der Waals surface area contributed by atoms with Crippen LogP contribution in [-0.4, -0.2) is 30.5 Å². The molecule has 5 nitrogen and oxygen atoms in total. The van der Waals surface area contributed by atoms with Crippen molar-refractivity contribution in [2.24, 2.45) is 0 Å². The summed E-state index contributed by atoms with van der Waals surface area (Å²) in [5.41, 5.74) is 0.559. The summed E-state index contributed by atoms with van der Waals surface area (Å²) in [6, 6.07) is 5.83. The van der Waals surface area contributed by atoms with Crippen molar-refractivity contribution in [2.75, 3.05) is 19.6 Å². The number of furan rings is 1. The lowest BCUT2D eigenvalue weighted by atomic mass is 10.2. The molecule has 0 unspecified atom stereocenters. The van der Waals surface area contributed by atoms with Crippen LogP contribution in [0.5, 0.6) is 0 Å². The Labute approximate surface area is 137 Å². The molecule has 1 amide bonds. The number of carbonyl (C=O) groups excluding carboxylic acids is 1. The summed E-state index contributed by atoms with van der Waals surface area (Å²) < 4.78 is 6.37. The molecule has 1 atom stereocenters. The van der Waals surface area contributed by atoms with E-state index in [1.807, 2.05) is 12.1 Å². The number of amides is 1. The maximum Gasteiger partial charge on any atom is 0.253 e. The fraction of sp³-hybridized carbons (Fsp3) is 0.375. The topological polar surface area (TPSA) is 59.6 Å². The zero-order chi connectivity index (χ0) is 15.4. The highest BCUT2D eigenvalue weighted by molar-refractivity contribution is 9.10. The van der Waals surface area contributed by atoms with E-state index in [1.165, 1.54) is 17.7 Å². The molecule has 1 aliphatic heterocycles. The highest BCUT2D eigenvalue weighted by Crippen LogP contribution is 2.13. The minimum atomic E-state index is -0.107. The first-order chi connectivity index (χ1) is 10.7. The number of hydrogen-bond acceptors (Lipinski definition) is 3. The second kappa shape index (κ2) is 7.07. The van der Waals surface area contributed by atoms with Crippen LogP contribution in [0.2, 0.25) is 0 Å². The maximum absolute atomic E-state index is 12.3. The third-order valence-electron chi connectivity index (χ3n) is 4.06. The van der Waals surface area contributed by atoms with E-state index in [0.29, 0.717) is 12.1 Å². The van der Waals surface area contributed by atoms with E-state index in [0.717, 1.165) is 23.3 Å². The maximum atomic E-state index is 12.3. The molecule has 0 spiro atoms. The largest absolute Gasteiger partial charge is 0.463 e. The minimum Gasteiger partial charge on any atom is -0.463 e. The lowest BCUT2D eigenvalue weighted by Gasteiger charge is -2.23. The molecule has 0 aromatic carbocycles. The summed E-state index contributed by atoms with van der Waals surface area (Å²) in [4.78, 5) is 17.8. The summed E-state index contributed by atoms with van der Waals surface area (Å²) in [6.45, 7) is 2.81. The summed E-state index contributed by atoms with van der Waals surface area (Å²) in [5.74, 6) is 0.827. The molecule has 6 heteroatoms. The van der Waals surface area contributed by atoms with Crippen molar-refractivity contribution in [2.45, 2.75) is 18.9 Å². The van der Waals surface area contributed by atoms with Gasteiger partial charge >= 0.3 is 0 Å². The van der Waals surface area contributed by atoms with Gasteiger partial charge in [0.2, 0.25) is 0 Å². The number of quaternary nitrogens is 1. The lowest BCUT2D eigenvalue weighted by molar-refractivity contribution is -0.919. The number of rotatable bonds is 5. The predicted molar refractivity (Wildman–Crippen MR) is 85.6 cm³/mol. The van der Waals surface area contributed by atoms with Gasteiger partial charge in [-0.3, -0.25) is 9.78 Å². The van der Waals surface area contributed by atoms with E-state index in [-0.39, 0.29) is 11.9 Å². The second-order valence-corrected chi connectivity index (χ2v) is 6.45. The van der Waals surface area contributed by atoms with Crippen LogP contribution in [0, 0.1) is 0 Å². The molecule has 3 heterocycles. The lowest BCUT2D eigenvalue weighted by Crippen LogP contribution is -3.11. The third kappa shape index (κ3) is 3.56. The van der Waals surface area contributed by atoms with E-state index in [4.69, 9.17) is 4.42 Å². The van der Waals surface area contributed by atoms with Gasteiger partial charge in [0, 0.05) is 29.7 Å². The standard InChI is InChI=1S/C16H18BrN3O2/c17-13-8-12(9-18-10-13)16(21)19-11-14(15-4-3-7-22-15)20-5-1-2-6-20/h3-4,7-10,14H,1-2,5-6,11H2,(H,19,21)/p+1/t14-/m1/s1. The molecule has 22 heavy (non-hydrogen) atoms. The second-order valence-electron chi connectivity index (χ2n) is 5.54. The molecular weight excluding hydrogens is 346 g/mol. The number of hydrogen-bond donors (Lipinski definition) is 2. The number of carbonyl (C=O) groups is 1. The molecule has 1 aliphatic rings. The Kier molecular flexibility index (Phi) is 4.90. The molecule has 3 rings (SSSR count). The van der Waals surface area contributed by atoms with Crippen molar-refractivity contribution in [3.05, 3.63) is 52.7 Å². The minimum absolute atomic E-state index is 0.107. The number of nitrogens with zero attached hydrogens (tertiary/aromatic N) is 1. The number of nitrogens with one attached hydrogen (secondary N) is 2. The predicted octanol–water partition coefficient (Wildman–Crippen LogP) is 1.59. The Bertz CT molecular complexity index is 624. The smallest absolute Gasteiger partial charge is 0.253 e. The molecule has 0 bridgehead atoms. The van der Waals surface area contributed by atoms with Crippen molar-refractivity contribution in [1.29, 1.82) is 0 Å². The first kappa shape index (κ1) is 15.2. The highest BCUT2D eigenvalue weighted by Gasteiger charge is 2.29. The van der Waals surface area contributed by atoms with Crippen molar-refractivity contribution in [3.63, 3.8) is 0 Å². The van der Waals surface area contributed by atoms with Crippen LogP contribution in [0.1, 0.15) is 35.0 Å². The molecule has 2 N–H and O–H groups in total. The Morgan fingerprint density at radius 1 is 1.41 bits per heavy atom. The zero-order valence-corrected chi connectivity index (χ0v) is 13.8. The van der Waals surface area contributed by atoms with Gasteiger partial charge in [-0.05, 0) is 34.1 Å². The molecule has 0 saturated carbocycles. The van der Waals surface area contributed by atoms with Gasteiger partial charge in [-0.2, -0.15) is 0 Å². The Morgan fingerprint density at radius 2 is 2.23 bits per heavy atom. The normalized spacial score (nSPS) is 16.6. The molecule has 116 valence electrons. The Balaban J connectivity index is 1.67. The molecule has 0 radical (unpaired) electrons. The SMILES string of the molecule is O=C(NC[C@H](c1ccco1)[NH+]1CCCC1)c1cncc(Br)c1. The van der Waals surface area contributed by atoms with Gasteiger partial charge in [-0.25, -0.2) is 0 Å². The monoisotopic (exact) mass is 364 g/mol. The van der Waals surface area contributed by atoms with E-state index < -0.39 is 0 Å². The van der Waals surface area contributed by atoms with Crippen LogP contribution in [0.15, 0.2) is 45.7 Å². The highest BCUT2D eigenvalue weighted by atomic mass is 79.9. The Hall–Kier alpha value is -1.66. The van der Waals surface area contributed by atoms with Gasteiger partial charge in [0.25, 0.3) is 5.91 Å². The quantitative estimate of drug-likeness (QED) is 0.846. The Morgan fingerprint density at radius 3 is 2.91 bits per heavy atom. The molecule has 1 fully saturated rings. The van der Waals surface area contributed by atoms with Gasteiger partial charge in [0.15, 0.2) is 11.8 Å². The summed E-state index contributed by atoms with van der Waals surface area (Å²) >= 11 is 3.33. The van der Waals surface area contributed by atoms with Gasteiger partial charge in [0.1, 0.15) is 0 Å². The summed E-state index contributed by atoms with van der Waals surface area (Å²) in [7, 11) is 0. The first-order valence-corrected chi connectivity index (χ1v) is 8.30. The molecular formula is C16H19BrN3O2+. The van der Waals surface area contributed by atoms with Crippen molar-refractivity contribution >= 4 is 21.8 Å². The fourth-order valence-corrected chi connectivity index (χ4v) is 3.31. The third-order valence-corrected chi connectivity index (χ3v) is 4.49. The van der Waals surface area contributed by atoms with Crippen molar-refractivity contribution in [3.8, 4) is 0 Å².